The molecule has 1 N–H and O–H groups in total. The Bertz CT molecular complexity index is 489. The molecule has 5 nitrogen and oxygen atoms in total. The molecule has 3 rings (SSSR count). The summed E-state index contributed by atoms with van der Waals surface area (Å²) < 4.78 is 2.37. The molecule has 5 heteroatoms. The fourth-order valence-corrected chi connectivity index (χ4v) is 4.33. The maximum atomic E-state index is 4.52. The summed E-state index contributed by atoms with van der Waals surface area (Å²) in [6.45, 7) is 13.7. The number of likely N-dealkylation sites (tertiary alicyclic amines) is 1. The van der Waals surface area contributed by atoms with Crippen molar-refractivity contribution in [3.05, 3.63) is 11.6 Å². The summed E-state index contributed by atoms with van der Waals surface area (Å²) in [5.74, 6) is 2.97. The van der Waals surface area contributed by atoms with Crippen LogP contribution in [-0.4, -0.2) is 45.8 Å². The quantitative estimate of drug-likeness (QED) is 0.876. The van der Waals surface area contributed by atoms with E-state index in [0.717, 1.165) is 25.5 Å². The van der Waals surface area contributed by atoms with Crippen molar-refractivity contribution in [1.82, 2.24) is 25.0 Å². The first-order chi connectivity index (χ1) is 11.2. The van der Waals surface area contributed by atoms with Gasteiger partial charge in [-0.3, -0.25) is 0 Å². The van der Waals surface area contributed by atoms with Gasteiger partial charge in [0.05, 0.1) is 6.54 Å². The predicted octanol–water partition coefficient (Wildman–Crippen LogP) is 2.78. The van der Waals surface area contributed by atoms with Crippen LogP contribution in [0.5, 0.6) is 0 Å². The Balaban J connectivity index is 1.59. The smallest absolute Gasteiger partial charge is 0.147 e. The Morgan fingerprint density at radius 3 is 2.39 bits per heavy atom. The number of nitrogens with one attached hydrogen (secondary N) is 1. The van der Waals surface area contributed by atoms with E-state index in [2.05, 4.69) is 45.8 Å². The first-order valence-electron chi connectivity index (χ1n) is 9.56. The van der Waals surface area contributed by atoms with Gasteiger partial charge in [-0.25, -0.2) is 0 Å². The predicted molar refractivity (Wildman–Crippen MR) is 93.4 cm³/mol. The standard InChI is InChI=1S/C18H33N5/c1-4-18(5-2,6-3)14-22-10-7-15(8-11-22)17-21-20-16-13-19-9-12-23(16)17/h15,19H,4-14H2,1-3H3. The van der Waals surface area contributed by atoms with Crippen molar-refractivity contribution < 1.29 is 0 Å². The molecule has 1 saturated heterocycles. The molecular formula is C18H33N5. The van der Waals surface area contributed by atoms with E-state index in [-0.39, 0.29) is 0 Å². The summed E-state index contributed by atoms with van der Waals surface area (Å²) in [5.41, 5.74) is 0.520. The maximum Gasteiger partial charge on any atom is 0.147 e. The molecule has 23 heavy (non-hydrogen) atoms. The van der Waals surface area contributed by atoms with E-state index in [1.165, 1.54) is 57.6 Å². The summed E-state index contributed by atoms with van der Waals surface area (Å²) in [6, 6.07) is 0. The van der Waals surface area contributed by atoms with Gasteiger partial charge in [-0.05, 0) is 50.6 Å². The van der Waals surface area contributed by atoms with Crippen molar-refractivity contribution in [2.75, 3.05) is 26.2 Å². The topological polar surface area (TPSA) is 46.0 Å². The van der Waals surface area contributed by atoms with Crippen molar-refractivity contribution in [3.8, 4) is 0 Å². The van der Waals surface area contributed by atoms with E-state index >= 15 is 0 Å². The number of hydrogen-bond acceptors (Lipinski definition) is 4. The molecular weight excluding hydrogens is 286 g/mol. The lowest BCUT2D eigenvalue weighted by Gasteiger charge is -2.40. The van der Waals surface area contributed by atoms with Crippen LogP contribution < -0.4 is 5.32 Å². The molecule has 2 aliphatic heterocycles. The van der Waals surface area contributed by atoms with E-state index in [9.17, 15) is 0 Å². The van der Waals surface area contributed by atoms with Crippen molar-refractivity contribution in [2.24, 2.45) is 5.41 Å². The van der Waals surface area contributed by atoms with Gasteiger partial charge in [-0.1, -0.05) is 20.8 Å². The van der Waals surface area contributed by atoms with E-state index in [1.807, 2.05) is 0 Å². The van der Waals surface area contributed by atoms with Crippen LogP contribution in [0.15, 0.2) is 0 Å². The Morgan fingerprint density at radius 2 is 1.74 bits per heavy atom. The first kappa shape index (κ1) is 16.9. The van der Waals surface area contributed by atoms with E-state index in [1.54, 1.807) is 0 Å². The molecule has 0 radical (unpaired) electrons. The highest BCUT2D eigenvalue weighted by Crippen LogP contribution is 2.34. The molecule has 130 valence electrons. The first-order valence-corrected chi connectivity index (χ1v) is 9.56. The van der Waals surface area contributed by atoms with E-state index < -0.39 is 0 Å². The van der Waals surface area contributed by atoms with Crippen molar-refractivity contribution >= 4 is 0 Å². The van der Waals surface area contributed by atoms with Gasteiger partial charge >= 0.3 is 0 Å². The molecule has 0 unspecified atom stereocenters. The molecule has 0 amide bonds. The van der Waals surface area contributed by atoms with Crippen LogP contribution in [-0.2, 0) is 13.1 Å². The summed E-state index contributed by atoms with van der Waals surface area (Å²) >= 11 is 0. The minimum atomic E-state index is 0.520. The van der Waals surface area contributed by atoms with Gasteiger partial charge in [0.2, 0.25) is 0 Å². The minimum absolute atomic E-state index is 0.520. The van der Waals surface area contributed by atoms with Crippen LogP contribution >= 0.6 is 0 Å². The van der Waals surface area contributed by atoms with E-state index in [4.69, 9.17) is 0 Å². The number of hydrogen-bond donors (Lipinski definition) is 1. The van der Waals surface area contributed by atoms with Crippen LogP contribution in [0.2, 0.25) is 0 Å². The molecule has 0 bridgehead atoms. The molecule has 1 fully saturated rings. The minimum Gasteiger partial charge on any atom is -0.312 e. The Labute approximate surface area is 140 Å². The highest BCUT2D eigenvalue weighted by molar-refractivity contribution is 5.05. The van der Waals surface area contributed by atoms with Crippen LogP contribution in [0.3, 0.4) is 0 Å². The lowest BCUT2D eigenvalue weighted by molar-refractivity contribution is 0.108. The molecule has 3 heterocycles. The fourth-order valence-electron chi connectivity index (χ4n) is 4.33. The summed E-state index contributed by atoms with van der Waals surface area (Å²) in [4.78, 5) is 2.70. The summed E-state index contributed by atoms with van der Waals surface area (Å²) in [6.07, 6.45) is 6.36. The average molecular weight is 319 g/mol. The Kier molecular flexibility index (Phi) is 5.37. The van der Waals surface area contributed by atoms with Gasteiger partial charge in [0.25, 0.3) is 0 Å². The second kappa shape index (κ2) is 7.31. The number of fused-ring (bicyclic) bond motifs is 1. The van der Waals surface area contributed by atoms with Gasteiger partial charge in [-0.2, -0.15) is 0 Å². The monoisotopic (exact) mass is 319 g/mol. The average Bonchev–Trinajstić information content (AvgIpc) is 3.04. The third kappa shape index (κ3) is 3.45. The van der Waals surface area contributed by atoms with Crippen LogP contribution in [0.1, 0.15) is 70.4 Å². The van der Waals surface area contributed by atoms with Crippen molar-refractivity contribution in [1.29, 1.82) is 0 Å². The maximum absolute atomic E-state index is 4.52. The zero-order chi connectivity index (χ0) is 16.3. The Morgan fingerprint density at radius 1 is 1.04 bits per heavy atom. The molecule has 1 aromatic heterocycles. The second-order valence-electron chi connectivity index (χ2n) is 7.41. The highest BCUT2D eigenvalue weighted by atomic mass is 15.3. The van der Waals surface area contributed by atoms with Gasteiger partial charge in [-0.15, -0.1) is 10.2 Å². The second-order valence-corrected chi connectivity index (χ2v) is 7.41. The lowest BCUT2D eigenvalue weighted by atomic mass is 9.78. The highest BCUT2D eigenvalue weighted by Gasteiger charge is 2.31. The molecule has 0 aromatic carbocycles. The van der Waals surface area contributed by atoms with E-state index in [0.29, 0.717) is 11.3 Å². The number of nitrogens with zero attached hydrogens (tertiary/aromatic N) is 4. The fraction of sp³-hybridized carbons (Fsp3) is 0.889. The zero-order valence-corrected chi connectivity index (χ0v) is 15.1. The van der Waals surface area contributed by atoms with Crippen LogP contribution in [0.4, 0.5) is 0 Å². The van der Waals surface area contributed by atoms with Gasteiger partial charge in [0, 0.05) is 25.6 Å². The van der Waals surface area contributed by atoms with Crippen LogP contribution in [0.25, 0.3) is 0 Å². The normalized spacial score (nSPS) is 20.7. The molecule has 0 aliphatic carbocycles. The molecule has 0 atom stereocenters. The summed E-state index contributed by atoms with van der Waals surface area (Å²) in [5, 5.41) is 12.3. The van der Waals surface area contributed by atoms with Crippen molar-refractivity contribution in [2.45, 2.75) is 71.9 Å². The van der Waals surface area contributed by atoms with Crippen molar-refractivity contribution in [3.63, 3.8) is 0 Å². The Hall–Kier alpha value is -0.940. The van der Waals surface area contributed by atoms with Crippen LogP contribution in [0, 0.1) is 5.41 Å². The third-order valence-electron chi connectivity index (χ3n) is 6.41. The van der Waals surface area contributed by atoms with Gasteiger partial charge in [0.1, 0.15) is 11.6 Å². The summed E-state index contributed by atoms with van der Waals surface area (Å²) in [7, 11) is 0. The largest absolute Gasteiger partial charge is 0.312 e. The molecule has 2 aliphatic rings. The number of aromatic nitrogens is 3. The molecule has 1 aromatic rings. The molecule has 0 saturated carbocycles. The van der Waals surface area contributed by atoms with Gasteiger partial charge < -0.3 is 14.8 Å². The third-order valence-corrected chi connectivity index (χ3v) is 6.41. The molecule has 0 spiro atoms. The number of rotatable bonds is 6. The SMILES string of the molecule is CCC(CC)(CC)CN1CCC(c2nnc3n2CCNC3)CC1. The number of piperidine rings is 1. The van der Waals surface area contributed by atoms with Gasteiger partial charge in [0.15, 0.2) is 0 Å². The zero-order valence-electron chi connectivity index (χ0n) is 15.1. The lowest BCUT2D eigenvalue weighted by Crippen LogP contribution is -2.41.